The molecule has 2 aromatic carbocycles. The number of H-pyrrole nitrogens is 1. The van der Waals surface area contributed by atoms with Crippen molar-refractivity contribution in [3.05, 3.63) is 35.9 Å². The monoisotopic (exact) mass is 387 g/mol. The number of aromatic nitrogens is 2. The van der Waals surface area contributed by atoms with Crippen LogP contribution < -0.4 is 19.5 Å². The lowest BCUT2D eigenvalue weighted by Gasteiger charge is -2.14. The molecule has 3 rings (SSSR count). The number of carbonyl (C=O) groups excluding carboxylic acids is 1. The van der Waals surface area contributed by atoms with Gasteiger partial charge in [-0.05, 0) is 24.6 Å². The van der Waals surface area contributed by atoms with Gasteiger partial charge in [-0.15, -0.1) is 0 Å². The van der Waals surface area contributed by atoms with Crippen LogP contribution >= 0.6 is 11.8 Å². The van der Waals surface area contributed by atoms with Gasteiger partial charge in [0.1, 0.15) is 0 Å². The number of nitrogens with zero attached hydrogens (tertiary/aromatic N) is 1. The van der Waals surface area contributed by atoms with Crippen LogP contribution in [0.5, 0.6) is 17.2 Å². The van der Waals surface area contributed by atoms with E-state index < -0.39 is 0 Å². The van der Waals surface area contributed by atoms with Crippen molar-refractivity contribution in [2.75, 3.05) is 32.4 Å². The summed E-state index contributed by atoms with van der Waals surface area (Å²) < 4.78 is 15.9. The van der Waals surface area contributed by atoms with Crippen LogP contribution in [0, 0.1) is 6.92 Å². The Hall–Kier alpha value is -2.87. The minimum Gasteiger partial charge on any atom is -0.493 e. The molecule has 0 aliphatic rings. The Morgan fingerprint density at radius 3 is 2.44 bits per heavy atom. The van der Waals surface area contributed by atoms with Crippen molar-refractivity contribution in [2.24, 2.45) is 0 Å². The van der Waals surface area contributed by atoms with E-state index in [-0.39, 0.29) is 11.7 Å². The number of anilines is 1. The van der Waals surface area contributed by atoms with E-state index in [1.807, 2.05) is 25.1 Å². The van der Waals surface area contributed by atoms with Crippen LogP contribution in [0.2, 0.25) is 0 Å². The Kier molecular flexibility index (Phi) is 5.75. The molecule has 0 saturated carbocycles. The van der Waals surface area contributed by atoms with E-state index in [1.165, 1.54) is 33.1 Å². The van der Waals surface area contributed by atoms with Gasteiger partial charge in [0.25, 0.3) is 0 Å². The van der Waals surface area contributed by atoms with Crippen molar-refractivity contribution in [1.29, 1.82) is 0 Å². The highest BCUT2D eigenvalue weighted by molar-refractivity contribution is 7.99. The predicted octanol–water partition coefficient (Wildman–Crippen LogP) is 3.63. The second-order valence-electron chi connectivity index (χ2n) is 5.81. The summed E-state index contributed by atoms with van der Waals surface area (Å²) in [6.45, 7) is 2.03. The lowest BCUT2D eigenvalue weighted by molar-refractivity contribution is -0.113. The molecule has 0 fully saturated rings. The van der Waals surface area contributed by atoms with E-state index >= 15 is 0 Å². The summed E-state index contributed by atoms with van der Waals surface area (Å²) in [5, 5.41) is 3.54. The Morgan fingerprint density at radius 2 is 1.81 bits per heavy atom. The Balaban J connectivity index is 1.68. The number of hydrogen-bond acceptors (Lipinski definition) is 6. The summed E-state index contributed by atoms with van der Waals surface area (Å²) in [6, 6.07) is 9.38. The maximum absolute atomic E-state index is 12.3. The number of aromatic amines is 1. The molecule has 27 heavy (non-hydrogen) atoms. The zero-order valence-electron chi connectivity index (χ0n) is 15.6. The molecule has 0 atom stereocenters. The SMILES string of the molecule is COc1cc(NC(=O)CSc2nc3ccc(C)cc3[nH]2)cc(OC)c1OC. The molecule has 0 bridgehead atoms. The van der Waals surface area contributed by atoms with E-state index in [0.29, 0.717) is 28.1 Å². The molecule has 0 radical (unpaired) electrons. The van der Waals surface area contributed by atoms with Gasteiger partial charge in [-0.3, -0.25) is 4.79 Å². The van der Waals surface area contributed by atoms with Crippen LogP contribution in [0.3, 0.4) is 0 Å². The van der Waals surface area contributed by atoms with E-state index in [2.05, 4.69) is 15.3 Å². The molecule has 2 N–H and O–H groups in total. The fraction of sp³-hybridized carbons (Fsp3) is 0.263. The largest absolute Gasteiger partial charge is 0.493 e. The number of thioether (sulfide) groups is 1. The molecule has 0 saturated heterocycles. The van der Waals surface area contributed by atoms with Crippen LogP contribution in [0.15, 0.2) is 35.5 Å². The molecule has 8 heteroatoms. The molecule has 7 nitrogen and oxygen atoms in total. The Bertz CT molecular complexity index is 946. The van der Waals surface area contributed by atoms with E-state index in [0.717, 1.165) is 16.6 Å². The third kappa shape index (κ3) is 4.28. The summed E-state index contributed by atoms with van der Waals surface area (Å²) >= 11 is 1.34. The second-order valence-corrected chi connectivity index (χ2v) is 6.78. The summed E-state index contributed by atoms with van der Waals surface area (Å²) in [5.74, 6) is 1.49. The minimum absolute atomic E-state index is 0.161. The second kappa shape index (κ2) is 8.22. The maximum Gasteiger partial charge on any atom is 0.234 e. The minimum atomic E-state index is -0.161. The molecular weight excluding hydrogens is 366 g/mol. The Labute approximate surface area is 161 Å². The van der Waals surface area contributed by atoms with Gasteiger partial charge in [-0.2, -0.15) is 0 Å². The molecule has 1 aromatic heterocycles. The zero-order chi connectivity index (χ0) is 19.4. The molecule has 0 unspecified atom stereocenters. The molecule has 0 aliphatic carbocycles. The van der Waals surface area contributed by atoms with Gasteiger partial charge >= 0.3 is 0 Å². The average molecular weight is 387 g/mol. The van der Waals surface area contributed by atoms with Crippen molar-refractivity contribution in [3.63, 3.8) is 0 Å². The topological polar surface area (TPSA) is 85.5 Å². The third-order valence-electron chi connectivity index (χ3n) is 3.90. The van der Waals surface area contributed by atoms with E-state index in [9.17, 15) is 4.79 Å². The summed E-state index contributed by atoms with van der Waals surface area (Å²) in [4.78, 5) is 20.0. The molecule has 142 valence electrons. The van der Waals surface area contributed by atoms with Gasteiger partial charge in [0.2, 0.25) is 11.7 Å². The highest BCUT2D eigenvalue weighted by Crippen LogP contribution is 2.40. The number of nitrogens with one attached hydrogen (secondary N) is 2. The first-order valence-corrected chi connectivity index (χ1v) is 9.21. The maximum atomic E-state index is 12.3. The van der Waals surface area contributed by atoms with Crippen LogP contribution in [-0.2, 0) is 4.79 Å². The van der Waals surface area contributed by atoms with Crippen molar-refractivity contribution >= 4 is 34.4 Å². The van der Waals surface area contributed by atoms with Crippen molar-refractivity contribution < 1.29 is 19.0 Å². The number of ether oxygens (including phenoxy) is 3. The number of hydrogen-bond donors (Lipinski definition) is 2. The fourth-order valence-corrected chi connectivity index (χ4v) is 3.34. The standard InChI is InChI=1S/C19H21N3O4S/c1-11-5-6-13-14(7-11)22-19(21-13)27-10-17(23)20-12-8-15(24-2)18(26-4)16(9-12)25-3/h5-9H,10H2,1-4H3,(H,20,23)(H,21,22). The highest BCUT2D eigenvalue weighted by atomic mass is 32.2. The Morgan fingerprint density at radius 1 is 1.11 bits per heavy atom. The molecule has 1 heterocycles. The number of amides is 1. The fourth-order valence-electron chi connectivity index (χ4n) is 2.65. The number of rotatable bonds is 7. The van der Waals surface area contributed by atoms with Gasteiger partial charge in [0, 0.05) is 17.8 Å². The molecule has 0 aliphatic heterocycles. The van der Waals surface area contributed by atoms with Crippen LogP contribution in [0.25, 0.3) is 11.0 Å². The van der Waals surface area contributed by atoms with Crippen LogP contribution in [-0.4, -0.2) is 43.0 Å². The molecular formula is C19H21N3O4S. The van der Waals surface area contributed by atoms with Gasteiger partial charge in [0.05, 0.1) is 38.1 Å². The van der Waals surface area contributed by atoms with Crippen molar-refractivity contribution in [1.82, 2.24) is 9.97 Å². The molecule has 3 aromatic rings. The molecule has 0 spiro atoms. The van der Waals surface area contributed by atoms with Crippen LogP contribution in [0.4, 0.5) is 5.69 Å². The van der Waals surface area contributed by atoms with E-state index in [1.54, 1.807) is 12.1 Å². The van der Waals surface area contributed by atoms with Crippen LogP contribution in [0.1, 0.15) is 5.56 Å². The lowest BCUT2D eigenvalue weighted by atomic mass is 10.2. The lowest BCUT2D eigenvalue weighted by Crippen LogP contribution is -2.14. The molecule has 1 amide bonds. The highest BCUT2D eigenvalue weighted by Gasteiger charge is 2.15. The van der Waals surface area contributed by atoms with Gasteiger partial charge in [0.15, 0.2) is 16.7 Å². The number of imidazole rings is 1. The van der Waals surface area contributed by atoms with Crippen molar-refractivity contribution in [2.45, 2.75) is 12.1 Å². The third-order valence-corrected chi connectivity index (χ3v) is 4.78. The van der Waals surface area contributed by atoms with E-state index in [4.69, 9.17) is 14.2 Å². The summed E-state index contributed by atoms with van der Waals surface area (Å²) in [6.07, 6.45) is 0. The number of benzene rings is 2. The average Bonchev–Trinajstić information content (AvgIpc) is 3.07. The summed E-state index contributed by atoms with van der Waals surface area (Å²) in [7, 11) is 4.59. The number of aryl methyl sites for hydroxylation is 1. The van der Waals surface area contributed by atoms with Gasteiger partial charge in [-0.1, -0.05) is 17.8 Å². The number of methoxy groups -OCH3 is 3. The first kappa shape index (κ1) is 18.9. The van der Waals surface area contributed by atoms with Gasteiger partial charge in [-0.25, -0.2) is 4.98 Å². The quantitative estimate of drug-likeness (QED) is 0.602. The predicted molar refractivity (Wildman–Crippen MR) is 106 cm³/mol. The van der Waals surface area contributed by atoms with Gasteiger partial charge < -0.3 is 24.5 Å². The number of fused-ring (bicyclic) bond motifs is 1. The smallest absolute Gasteiger partial charge is 0.234 e. The number of carbonyl (C=O) groups is 1. The first-order valence-electron chi connectivity index (χ1n) is 8.23. The normalized spacial score (nSPS) is 10.7. The zero-order valence-corrected chi connectivity index (χ0v) is 16.4. The summed E-state index contributed by atoms with van der Waals surface area (Å²) in [5.41, 5.74) is 3.56. The first-order chi connectivity index (χ1) is 13.0. The van der Waals surface area contributed by atoms with Crippen molar-refractivity contribution in [3.8, 4) is 17.2 Å².